The molecular weight excluding hydrogens is 487 g/mol. The summed E-state index contributed by atoms with van der Waals surface area (Å²) in [6.45, 7) is 2.51. The number of hydrogen-bond acceptors (Lipinski definition) is 4. The van der Waals surface area contributed by atoms with E-state index in [-0.39, 0.29) is 10.0 Å². The van der Waals surface area contributed by atoms with E-state index in [1.807, 2.05) is 19.1 Å². The van der Waals surface area contributed by atoms with Crippen molar-refractivity contribution in [3.05, 3.63) is 63.0 Å². The molecule has 1 aliphatic heterocycles. The first-order valence-corrected chi connectivity index (χ1v) is 10.6. The van der Waals surface area contributed by atoms with Crippen LogP contribution >= 0.6 is 39.9 Å². The van der Waals surface area contributed by atoms with Crippen LogP contribution in [0.1, 0.15) is 24.5 Å². The van der Waals surface area contributed by atoms with E-state index in [1.54, 1.807) is 12.1 Å². The van der Waals surface area contributed by atoms with Crippen LogP contribution in [0.5, 0.6) is 5.75 Å². The molecule has 1 amide bonds. The molecule has 9 heteroatoms. The first kappa shape index (κ1) is 21.9. The number of anilines is 1. The van der Waals surface area contributed by atoms with E-state index in [0.717, 1.165) is 39.7 Å². The lowest BCUT2D eigenvalue weighted by molar-refractivity contribution is -0.137. The Balaban J connectivity index is 1.95. The van der Waals surface area contributed by atoms with Crippen molar-refractivity contribution >= 4 is 61.9 Å². The molecular formula is C20H15BrF3NO2S2. The second-order valence-corrected chi connectivity index (χ2v) is 8.69. The molecule has 29 heavy (non-hydrogen) atoms. The maximum atomic E-state index is 13.0. The van der Waals surface area contributed by atoms with Crippen molar-refractivity contribution in [1.82, 2.24) is 0 Å². The van der Waals surface area contributed by atoms with Gasteiger partial charge < -0.3 is 4.74 Å². The van der Waals surface area contributed by atoms with Crippen LogP contribution in [-0.2, 0) is 11.0 Å². The quantitative estimate of drug-likeness (QED) is 0.338. The van der Waals surface area contributed by atoms with Crippen LogP contribution in [0.25, 0.3) is 6.08 Å². The molecule has 0 atom stereocenters. The van der Waals surface area contributed by atoms with Gasteiger partial charge in [-0.2, -0.15) is 13.2 Å². The zero-order valence-corrected chi connectivity index (χ0v) is 18.3. The van der Waals surface area contributed by atoms with E-state index in [4.69, 9.17) is 17.0 Å². The number of thiocarbonyl (C=S) groups is 1. The van der Waals surface area contributed by atoms with Crippen LogP contribution in [0.3, 0.4) is 0 Å². The smallest absolute Gasteiger partial charge is 0.416 e. The number of alkyl halides is 3. The Bertz CT molecular complexity index is 992. The predicted octanol–water partition coefficient (Wildman–Crippen LogP) is 6.66. The van der Waals surface area contributed by atoms with Crippen molar-refractivity contribution < 1.29 is 22.7 Å². The number of halogens is 4. The summed E-state index contributed by atoms with van der Waals surface area (Å²) in [6.07, 6.45) is -2.04. The minimum Gasteiger partial charge on any atom is -0.493 e. The van der Waals surface area contributed by atoms with Crippen LogP contribution in [-0.4, -0.2) is 16.8 Å². The summed E-state index contributed by atoms with van der Waals surface area (Å²) in [6, 6.07) is 9.98. The van der Waals surface area contributed by atoms with Crippen LogP contribution in [0, 0.1) is 0 Å². The number of hydrogen-bond donors (Lipinski definition) is 0. The van der Waals surface area contributed by atoms with Gasteiger partial charge in [-0.15, -0.1) is 0 Å². The van der Waals surface area contributed by atoms with E-state index in [2.05, 4.69) is 15.9 Å². The van der Waals surface area contributed by atoms with Gasteiger partial charge in [0.1, 0.15) is 5.75 Å². The average Bonchev–Trinajstić information content (AvgIpc) is 2.94. The first-order valence-electron chi connectivity index (χ1n) is 8.58. The number of amides is 1. The molecule has 0 spiro atoms. The van der Waals surface area contributed by atoms with Gasteiger partial charge >= 0.3 is 6.18 Å². The summed E-state index contributed by atoms with van der Waals surface area (Å²) in [5.74, 6) is 0.139. The molecule has 0 N–H and O–H groups in total. The first-order chi connectivity index (χ1) is 13.7. The highest BCUT2D eigenvalue weighted by Gasteiger charge is 2.36. The molecule has 1 saturated heterocycles. The number of benzene rings is 2. The lowest BCUT2D eigenvalue weighted by Gasteiger charge is -2.16. The normalized spacial score (nSPS) is 16.0. The third kappa shape index (κ3) is 5.02. The second-order valence-electron chi connectivity index (χ2n) is 6.10. The summed E-state index contributed by atoms with van der Waals surface area (Å²) in [5.41, 5.74) is -0.0740. The molecule has 1 fully saturated rings. The lowest BCUT2D eigenvalue weighted by Crippen LogP contribution is -2.27. The molecule has 2 aromatic carbocycles. The molecule has 0 bridgehead atoms. The number of nitrogens with zero attached hydrogens (tertiary/aromatic N) is 1. The van der Waals surface area contributed by atoms with Crippen molar-refractivity contribution in [3.63, 3.8) is 0 Å². The van der Waals surface area contributed by atoms with Gasteiger partial charge in [0.15, 0.2) is 4.32 Å². The topological polar surface area (TPSA) is 29.5 Å². The third-order valence-corrected chi connectivity index (χ3v) is 5.74. The maximum Gasteiger partial charge on any atom is 0.416 e. The molecule has 3 nitrogen and oxygen atoms in total. The van der Waals surface area contributed by atoms with Gasteiger partial charge in [-0.1, -0.05) is 52.9 Å². The Morgan fingerprint density at radius 2 is 2.00 bits per heavy atom. The molecule has 0 radical (unpaired) electrons. The highest BCUT2D eigenvalue weighted by Crippen LogP contribution is 2.39. The van der Waals surface area contributed by atoms with Crippen molar-refractivity contribution in [2.45, 2.75) is 19.5 Å². The number of ether oxygens (including phenoxy) is 1. The van der Waals surface area contributed by atoms with Gasteiger partial charge in [-0.25, -0.2) is 0 Å². The molecule has 0 aromatic heterocycles. The van der Waals surface area contributed by atoms with E-state index < -0.39 is 17.6 Å². The zero-order valence-electron chi connectivity index (χ0n) is 15.1. The largest absolute Gasteiger partial charge is 0.493 e. The standard InChI is InChI=1S/C20H15BrF3NO2S2/c1-2-8-27-16-7-6-14(21)9-12(16)10-17-18(26)25(19(28)29-17)15-5-3-4-13(11-15)20(22,23)24/h3-7,9-11H,2,8H2,1H3/b17-10-. The van der Waals surface area contributed by atoms with Gasteiger partial charge in [-0.3, -0.25) is 9.69 Å². The maximum absolute atomic E-state index is 13.0. The third-order valence-electron chi connectivity index (χ3n) is 3.95. The summed E-state index contributed by atoms with van der Waals surface area (Å²) in [5, 5.41) is 0. The Labute approximate surface area is 184 Å². The van der Waals surface area contributed by atoms with E-state index in [1.165, 1.54) is 12.1 Å². The van der Waals surface area contributed by atoms with E-state index >= 15 is 0 Å². The summed E-state index contributed by atoms with van der Waals surface area (Å²) >= 11 is 9.70. The lowest BCUT2D eigenvalue weighted by atomic mass is 10.1. The number of carbonyl (C=O) groups is 1. The SMILES string of the molecule is CCCOc1ccc(Br)cc1/C=C1\SC(=S)N(c2cccc(C(F)(F)F)c2)C1=O. The molecule has 2 aromatic rings. The Kier molecular flexibility index (Phi) is 6.70. The van der Waals surface area contributed by atoms with E-state index in [9.17, 15) is 18.0 Å². The molecule has 1 aliphatic rings. The molecule has 152 valence electrons. The average molecular weight is 502 g/mol. The fraction of sp³-hybridized carbons (Fsp3) is 0.200. The molecule has 3 rings (SSSR count). The summed E-state index contributed by atoms with van der Waals surface area (Å²) in [4.78, 5) is 14.3. The van der Waals surface area contributed by atoms with Gasteiger partial charge in [0.05, 0.1) is 22.8 Å². The second kappa shape index (κ2) is 8.89. The molecule has 0 saturated carbocycles. The van der Waals surface area contributed by atoms with Crippen molar-refractivity contribution in [1.29, 1.82) is 0 Å². The Morgan fingerprint density at radius 3 is 2.69 bits per heavy atom. The van der Waals surface area contributed by atoms with Crippen LogP contribution in [0.15, 0.2) is 51.8 Å². The highest BCUT2D eigenvalue weighted by molar-refractivity contribution is 9.10. The molecule has 1 heterocycles. The van der Waals surface area contributed by atoms with Crippen molar-refractivity contribution in [3.8, 4) is 5.75 Å². The number of thioether (sulfide) groups is 1. The number of carbonyl (C=O) groups excluding carboxylic acids is 1. The molecule has 0 unspecified atom stereocenters. The van der Waals surface area contributed by atoms with Crippen LogP contribution in [0.2, 0.25) is 0 Å². The van der Waals surface area contributed by atoms with Gasteiger partial charge in [-0.05, 0) is 48.9 Å². The minimum absolute atomic E-state index is 0.0856. The van der Waals surface area contributed by atoms with Crippen LogP contribution in [0.4, 0.5) is 18.9 Å². The van der Waals surface area contributed by atoms with Gasteiger partial charge in [0, 0.05) is 10.0 Å². The summed E-state index contributed by atoms with van der Waals surface area (Å²) < 4.78 is 45.8. The monoisotopic (exact) mass is 501 g/mol. The fourth-order valence-electron chi connectivity index (χ4n) is 2.63. The molecule has 0 aliphatic carbocycles. The van der Waals surface area contributed by atoms with Crippen molar-refractivity contribution in [2.75, 3.05) is 11.5 Å². The van der Waals surface area contributed by atoms with E-state index in [0.29, 0.717) is 22.8 Å². The predicted molar refractivity (Wildman–Crippen MR) is 117 cm³/mol. The fourth-order valence-corrected chi connectivity index (χ4v) is 4.30. The van der Waals surface area contributed by atoms with Crippen LogP contribution < -0.4 is 9.64 Å². The number of rotatable bonds is 5. The summed E-state index contributed by atoms with van der Waals surface area (Å²) in [7, 11) is 0. The highest BCUT2D eigenvalue weighted by atomic mass is 79.9. The Morgan fingerprint density at radius 1 is 1.24 bits per heavy atom. The van der Waals surface area contributed by atoms with Gasteiger partial charge in [0.2, 0.25) is 0 Å². The minimum atomic E-state index is -4.51. The van der Waals surface area contributed by atoms with Crippen molar-refractivity contribution in [2.24, 2.45) is 0 Å². The Hall–Kier alpha value is -1.84. The van der Waals surface area contributed by atoms with Gasteiger partial charge in [0.25, 0.3) is 5.91 Å². The zero-order chi connectivity index (χ0) is 21.2.